The molecule has 0 saturated carbocycles. The zero-order valence-corrected chi connectivity index (χ0v) is 17.1. The Morgan fingerprint density at radius 2 is 2.00 bits per heavy atom. The van der Waals surface area contributed by atoms with E-state index >= 15 is 0 Å². The molecule has 2 heterocycles. The zero-order valence-electron chi connectivity index (χ0n) is 15.5. The largest absolute Gasteiger partial charge is 0.337 e. The number of carbonyl (C=O) groups excluding carboxylic acids is 1. The molecule has 0 aliphatic heterocycles. The van der Waals surface area contributed by atoms with Gasteiger partial charge in [-0.2, -0.15) is 0 Å². The smallest absolute Gasteiger partial charge is 0.260 e. The van der Waals surface area contributed by atoms with Gasteiger partial charge in [0, 0.05) is 35.9 Å². The summed E-state index contributed by atoms with van der Waals surface area (Å²) in [6.07, 6.45) is 8.35. The van der Waals surface area contributed by atoms with Crippen molar-refractivity contribution in [1.82, 2.24) is 14.5 Å². The van der Waals surface area contributed by atoms with Crippen LogP contribution in [-0.2, 0) is 6.54 Å². The van der Waals surface area contributed by atoms with Crippen molar-refractivity contribution < 1.29 is 4.79 Å². The Hall–Kier alpha value is -2.64. The molecule has 4 aromatic rings. The van der Waals surface area contributed by atoms with Gasteiger partial charge < -0.3 is 4.57 Å². The van der Waals surface area contributed by atoms with Crippen LogP contribution in [0.15, 0.2) is 72.1 Å². The first-order chi connectivity index (χ1) is 13.7. The predicted octanol–water partition coefficient (Wildman–Crippen LogP) is 4.95. The van der Waals surface area contributed by atoms with Crippen molar-refractivity contribution in [2.24, 2.45) is 0 Å². The summed E-state index contributed by atoms with van der Waals surface area (Å²) in [4.78, 5) is 25.0. The minimum Gasteiger partial charge on any atom is -0.337 e. The van der Waals surface area contributed by atoms with Gasteiger partial charge in [0.05, 0.1) is 16.5 Å². The average Bonchev–Trinajstić information content (AvgIpc) is 3.40. The normalized spacial score (nSPS) is 11.0. The molecule has 0 atom stereocenters. The summed E-state index contributed by atoms with van der Waals surface area (Å²) in [6.45, 7) is 1.40. The molecule has 0 aliphatic carbocycles. The number of rotatable bonds is 7. The number of imidazole rings is 1. The van der Waals surface area contributed by atoms with Crippen molar-refractivity contribution in [2.75, 3.05) is 17.7 Å². The number of aryl methyl sites for hydroxylation is 1. The van der Waals surface area contributed by atoms with E-state index in [-0.39, 0.29) is 5.91 Å². The standard InChI is InChI=1S/C21H20N4OS2/c1-27-17-9-7-16(8-10-17)20(26)25(13-4-12-24-14-11-22-15-24)21-23-18-5-2-3-6-19(18)28-21/h2-3,5-11,14-15H,4,12-13H2,1H3. The van der Waals surface area contributed by atoms with Gasteiger partial charge in [-0.05, 0) is 49.1 Å². The quantitative estimate of drug-likeness (QED) is 0.406. The second-order valence-electron chi connectivity index (χ2n) is 6.30. The Kier molecular flexibility index (Phi) is 5.73. The molecule has 0 fully saturated rings. The molecule has 0 saturated heterocycles. The summed E-state index contributed by atoms with van der Waals surface area (Å²) in [7, 11) is 0. The van der Waals surface area contributed by atoms with E-state index in [1.807, 2.05) is 65.6 Å². The molecule has 0 bridgehead atoms. The van der Waals surface area contributed by atoms with Crippen LogP contribution in [0, 0.1) is 0 Å². The molecule has 0 unspecified atom stereocenters. The number of nitrogens with zero attached hydrogens (tertiary/aromatic N) is 4. The van der Waals surface area contributed by atoms with Gasteiger partial charge in [-0.1, -0.05) is 23.5 Å². The topological polar surface area (TPSA) is 51.0 Å². The number of thioether (sulfide) groups is 1. The highest BCUT2D eigenvalue weighted by Gasteiger charge is 2.21. The third-order valence-electron chi connectivity index (χ3n) is 4.45. The number of anilines is 1. The molecule has 5 nitrogen and oxygen atoms in total. The molecule has 2 aromatic heterocycles. The zero-order chi connectivity index (χ0) is 19.3. The fraction of sp³-hybridized carbons (Fsp3) is 0.190. The van der Waals surface area contributed by atoms with E-state index in [9.17, 15) is 4.79 Å². The maximum absolute atomic E-state index is 13.3. The van der Waals surface area contributed by atoms with Crippen LogP contribution in [0.4, 0.5) is 5.13 Å². The second kappa shape index (κ2) is 8.58. The summed E-state index contributed by atoms with van der Waals surface area (Å²) in [5.41, 5.74) is 1.60. The van der Waals surface area contributed by atoms with Crippen LogP contribution in [0.3, 0.4) is 0 Å². The van der Waals surface area contributed by atoms with Gasteiger partial charge in [0.1, 0.15) is 0 Å². The van der Waals surface area contributed by atoms with Crippen LogP contribution in [0.25, 0.3) is 10.2 Å². The fourth-order valence-electron chi connectivity index (χ4n) is 2.98. The van der Waals surface area contributed by atoms with E-state index < -0.39 is 0 Å². The number of carbonyl (C=O) groups is 1. The molecule has 2 aromatic carbocycles. The first kappa shape index (κ1) is 18.7. The lowest BCUT2D eigenvalue weighted by molar-refractivity contribution is 0.0986. The van der Waals surface area contributed by atoms with Crippen molar-refractivity contribution in [3.8, 4) is 0 Å². The molecule has 28 heavy (non-hydrogen) atoms. The van der Waals surface area contributed by atoms with Crippen LogP contribution in [0.5, 0.6) is 0 Å². The average molecular weight is 409 g/mol. The summed E-state index contributed by atoms with van der Waals surface area (Å²) in [5, 5.41) is 0.741. The number of benzene rings is 2. The van der Waals surface area contributed by atoms with Crippen LogP contribution >= 0.6 is 23.1 Å². The Bertz CT molecular complexity index is 1020. The van der Waals surface area contributed by atoms with E-state index in [0.717, 1.165) is 33.2 Å². The number of fused-ring (bicyclic) bond motifs is 1. The number of amides is 1. The molecule has 0 spiro atoms. The first-order valence-corrected chi connectivity index (χ1v) is 11.1. The molecular formula is C21H20N4OS2. The second-order valence-corrected chi connectivity index (χ2v) is 8.19. The Labute approximate surface area is 172 Å². The summed E-state index contributed by atoms with van der Waals surface area (Å²) >= 11 is 3.22. The monoisotopic (exact) mass is 408 g/mol. The number of hydrogen-bond donors (Lipinski definition) is 0. The number of aromatic nitrogens is 3. The van der Waals surface area contributed by atoms with E-state index in [1.165, 1.54) is 0 Å². The lowest BCUT2D eigenvalue weighted by atomic mass is 10.2. The fourth-order valence-corrected chi connectivity index (χ4v) is 4.38. The number of para-hydroxylation sites is 1. The number of thiazole rings is 1. The van der Waals surface area contributed by atoms with Crippen molar-refractivity contribution in [2.45, 2.75) is 17.9 Å². The summed E-state index contributed by atoms with van der Waals surface area (Å²) in [6, 6.07) is 15.7. The molecule has 1 amide bonds. The van der Waals surface area contributed by atoms with Gasteiger partial charge in [0.15, 0.2) is 5.13 Å². The molecule has 4 rings (SSSR count). The Balaban J connectivity index is 1.60. The minimum absolute atomic E-state index is 0.0164. The highest BCUT2D eigenvalue weighted by atomic mass is 32.2. The maximum atomic E-state index is 13.3. The van der Waals surface area contributed by atoms with E-state index in [0.29, 0.717) is 12.1 Å². The van der Waals surface area contributed by atoms with Gasteiger partial charge in [-0.25, -0.2) is 9.97 Å². The van der Waals surface area contributed by atoms with Gasteiger partial charge in [0.2, 0.25) is 0 Å². The summed E-state index contributed by atoms with van der Waals surface area (Å²) in [5.74, 6) is -0.0164. The van der Waals surface area contributed by atoms with Gasteiger partial charge in [0.25, 0.3) is 5.91 Å². The van der Waals surface area contributed by atoms with E-state index in [1.54, 1.807) is 40.5 Å². The van der Waals surface area contributed by atoms with Crippen molar-refractivity contribution >= 4 is 44.4 Å². The molecule has 7 heteroatoms. The van der Waals surface area contributed by atoms with Gasteiger partial charge in [-0.3, -0.25) is 9.69 Å². The van der Waals surface area contributed by atoms with Crippen LogP contribution in [-0.4, -0.2) is 33.2 Å². The highest BCUT2D eigenvalue weighted by Crippen LogP contribution is 2.30. The van der Waals surface area contributed by atoms with E-state index in [2.05, 4.69) is 4.98 Å². The Morgan fingerprint density at radius 3 is 2.71 bits per heavy atom. The van der Waals surface area contributed by atoms with E-state index in [4.69, 9.17) is 4.98 Å². The maximum Gasteiger partial charge on any atom is 0.260 e. The highest BCUT2D eigenvalue weighted by molar-refractivity contribution is 7.98. The third-order valence-corrected chi connectivity index (χ3v) is 6.26. The third kappa shape index (κ3) is 4.10. The van der Waals surface area contributed by atoms with Crippen molar-refractivity contribution in [1.29, 1.82) is 0 Å². The SMILES string of the molecule is CSc1ccc(C(=O)N(CCCn2ccnc2)c2nc3ccccc3s2)cc1. The van der Waals surface area contributed by atoms with Crippen LogP contribution in [0.1, 0.15) is 16.8 Å². The van der Waals surface area contributed by atoms with Crippen LogP contribution in [0.2, 0.25) is 0 Å². The molecule has 0 aliphatic rings. The predicted molar refractivity (Wildman–Crippen MR) is 116 cm³/mol. The summed E-state index contributed by atoms with van der Waals surface area (Å²) < 4.78 is 3.11. The van der Waals surface area contributed by atoms with Crippen LogP contribution < -0.4 is 4.90 Å². The van der Waals surface area contributed by atoms with Gasteiger partial charge >= 0.3 is 0 Å². The lowest BCUT2D eigenvalue weighted by Crippen LogP contribution is -2.32. The molecular weight excluding hydrogens is 388 g/mol. The molecule has 142 valence electrons. The Morgan fingerprint density at radius 1 is 1.18 bits per heavy atom. The van der Waals surface area contributed by atoms with Crippen molar-refractivity contribution in [3.05, 3.63) is 72.8 Å². The van der Waals surface area contributed by atoms with Crippen molar-refractivity contribution in [3.63, 3.8) is 0 Å². The first-order valence-electron chi connectivity index (χ1n) is 9.02. The number of hydrogen-bond acceptors (Lipinski definition) is 5. The lowest BCUT2D eigenvalue weighted by Gasteiger charge is -2.20. The molecule has 0 radical (unpaired) electrons. The minimum atomic E-state index is -0.0164. The molecule has 0 N–H and O–H groups in total. The van der Waals surface area contributed by atoms with Gasteiger partial charge in [-0.15, -0.1) is 11.8 Å².